The Morgan fingerprint density at radius 1 is 0.622 bits per heavy atom. The van der Waals surface area contributed by atoms with E-state index in [0.29, 0.717) is 50.9 Å². The Morgan fingerprint density at radius 2 is 1.05 bits per heavy atom. The molecule has 0 spiro atoms. The standard InChI is InChI=1S/C55H61F5N8O6/c1-30(2)46(65-52(71)73-28-54(5,56)57)50(69)67-22-6-8-44(67)48-61-40-20-18-36(26-42(40)63-48)38-24-32-10-14-34(38)15-11-33-13-17-35(16-12-32)39(25-33)37-19-21-41-43(27-37)64-49(62-41)45-9-7-23-68(45)51(70)47(31(3)4)66-53(72)74-29-55(58,59)60/h10,13-14,17-21,24-27,30-31,44-47H,6-9,11-12,15-16,22-23,28-29H2,1-5H3,(H,61,63)(H,62,64)(H,65,71)(H,66,72)/t44-,45-,46-,47-/m0/s1. The topological polar surface area (TPSA) is 175 Å². The lowest BCUT2D eigenvalue weighted by molar-refractivity contribution is -0.160. The number of alkyl carbamates (subject to hydrolysis) is 2. The molecule has 4 amide bonds. The van der Waals surface area contributed by atoms with Gasteiger partial charge in [-0.2, -0.15) is 13.2 Å². The highest BCUT2D eigenvalue weighted by atomic mass is 19.4. The van der Waals surface area contributed by atoms with Crippen LogP contribution in [0.3, 0.4) is 0 Å². The van der Waals surface area contributed by atoms with Crippen molar-refractivity contribution in [2.75, 3.05) is 26.3 Å². The minimum absolute atomic E-state index is 0.327. The molecule has 0 saturated carbocycles. The van der Waals surface area contributed by atoms with E-state index < -0.39 is 67.4 Å². The highest BCUT2D eigenvalue weighted by molar-refractivity contribution is 5.89. The van der Waals surface area contributed by atoms with Crippen LogP contribution in [0, 0.1) is 11.8 Å². The number of carbonyl (C=O) groups is 4. The van der Waals surface area contributed by atoms with E-state index in [1.807, 2.05) is 12.1 Å². The number of carbonyl (C=O) groups excluding carboxylic acids is 4. The number of amides is 4. The molecular formula is C55H61F5N8O6. The molecule has 2 aromatic heterocycles. The van der Waals surface area contributed by atoms with Gasteiger partial charge in [-0.1, -0.05) is 76.2 Å². The van der Waals surface area contributed by atoms with Gasteiger partial charge in [0.1, 0.15) is 23.7 Å². The van der Waals surface area contributed by atoms with E-state index in [9.17, 15) is 41.1 Å². The molecular weight excluding hydrogens is 964 g/mol. The Hall–Kier alpha value is -7.05. The molecule has 74 heavy (non-hydrogen) atoms. The summed E-state index contributed by atoms with van der Waals surface area (Å²) in [5.74, 6) is -3.46. The SMILES string of the molecule is CC(C)[C@H](NC(=O)OCC(C)(F)F)C(=O)N1CCC[C@H]1c1nc2ccc(-c3cc4ccc3CCc3ccc(c(-c5ccc6nc([C@@H]7CCCN7C(=O)[C@@H](NC(=O)OCC(F)(F)F)C(C)C)[nH]c6c5)c3)CC4)cc2[nH]1. The van der Waals surface area contributed by atoms with Crippen molar-refractivity contribution in [2.24, 2.45) is 11.8 Å². The molecule has 2 aliphatic heterocycles. The first kappa shape index (κ1) is 51.8. The summed E-state index contributed by atoms with van der Waals surface area (Å²) in [4.78, 5) is 72.7. The number of H-pyrrole nitrogens is 2. The van der Waals surface area contributed by atoms with Crippen LogP contribution >= 0.6 is 0 Å². The van der Waals surface area contributed by atoms with Crippen LogP contribution in [0.5, 0.6) is 0 Å². The summed E-state index contributed by atoms with van der Waals surface area (Å²) in [5.41, 5.74) is 12.2. The van der Waals surface area contributed by atoms with E-state index in [4.69, 9.17) is 14.7 Å². The average molecular weight is 1030 g/mol. The summed E-state index contributed by atoms with van der Waals surface area (Å²) >= 11 is 0. The third kappa shape index (κ3) is 11.7. The molecule has 4 bridgehead atoms. The highest BCUT2D eigenvalue weighted by Gasteiger charge is 2.40. The summed E-state index contributed by atoms with van der Waals surface area (Å²) in [6.07, 6.45) is -1.25. The number of fused-ring (bicyclic) bond motifs is 2. The Balaban J connectivity index is 0.905. The number of aromatic amines is 2. The summed E-state index contributed by atoms with van der Waals surface area (Å²) in [7, 11) is 0. The van der Waals surface area contributed by atoms with Crippen molar-refractivity contribution < 1.29 is 50.6 Å². The van der Waals surface area contributed by atoms with Crippen LogP contribution in [0.2, 0.25) is 0 Å². The zero-order valence-electron chi connectivity index (χ0n) is 42.0. The Labute approximate surface area is 425 Å². The monoisotopic (exact) mass is 1020 g/mol. The van der Waals surface area contributed by atoms with Crippen molar-refractivity contribution in [3.05, 3.63) is 107 Å². The fourth-order valence-corrected chi connectivity index (χ4v) is 10.5. The van der Waals surface area contributed by atoms with Gasteiger partial charge in [-0.25, -0.2) is 28.3 Å². The van der Waals surface area contributed by atoms with Crippen LogP contribution in [0.15, 0.2) is 72.8 Å². The number of nitrogens with zero attached hydrogens (tertiary/aromatic N) is 4. The largest absolute Gasteiger partial charge is 0.443 e. The molecule has 19 heteroatoms. The number of likely N-dealkylation sites (tertiary alicyclic amines) is 2. The van der Waals surface area contributed by atoms with Crippen molar-refractivity contribution in [1.82, 2.24) is 40.4 Å². The molecule has 14 nitrogen and oxygen atoms in total. The molecule has 4 N–H and O–H groups in total. The third-order valence-electron chi connectivity index (χ3n) is 14.3. The molecule has 12 rings (SSSR count). The van der Waals surface area contributed by atoms with Gasteiger partial charge in [0, 0.05) is 20.0 Å². The maximum atomic E-state index is 13.9. The molecule has 4 aliphatic carbocycles. The minimum Gasteiger partial charge on any atom is -0.443 e. The van der Waals surface area contributed by atoms with Crippen LogP contribution in [0.25, 0.3) is 44.3 Å². The van der Waals surface area contributed by atoms with E-state index in [0.717, 1.165) is 76.4 Å². The number of halogens is 5. The predicted molar refractivity (Wildman–Crippen MR) is 268 cm³/mol. The smallest absolute Gasteiger partial charge is 0.422 e. The van der Waals surface area contributed by atoms with Gasteiger partial charge in [0.15, 0.2) is 13.2 Å². The first-order valence-electron chi connectivity index (χ1n) is 25.3. The normalized spacial score (nSPS) is 18.0. The lowest BCUT2D eigenvalue weighted by Gasteiger charge is -2.30. The predicted octanol–water partition coefficient (Wildman–Crippen LogP) is 10.7. The van der Waals surface area contributed by atoms with E-state index in [1.165, 1.54) is 22.3 Å². The van der Waals surface area contributed by atoms with Gasteiger partial charge < -0.3 is 39.9 Å². The molecule has 4 aromatic carbocycles. The molecule has 2 fully saturated rings. The Bertz CT molecular complexity index is 2870. The van der Waals surface area contributed by atoms with Gasteiger partial charge >= 0.3 is 18.4 Å². The van der Waals surface area contributed by atoms with Gasteiger partial charge in [-0.15, -0.1) is 0 Å². The molecule has 4 atom stereocenters. The third-order valence-corrected chi connectivity index (χ3v) is 14.3. The fourth-order valence-electron chi connectivity index (χ4n) is 10.5. The maximum Gasteiger partial charge on any atom is 0.422 e. The van der Waals surface area contributed by atoms with E-state index in [1.54, 1.807) is 37.5 Å². The number of hydrogen-bond donors (Lipinski definition) is 4. The van der Waals surface area contributed by atoms with Crippen LogP contribution in [0.4, 0.5) is 31.5 Å². The Morgan fingerprint density at radius 3 is 1.46 bits per heavy atom. The summed E-state index contributed by atoms with van der Waals surface area (Å²) < 4.78 is 74.0. The second-order valence-electron chi connectivity index (χ2n) is 20.6. The van der Waals surface area contributed by atoms with Crippen molar-refractivity contribution in [1.29, 1.82) is 0 Å². The number of aromatic nitrogens is 4. The molecule has 392 valence electrons. The fraction of sp³-hybridized carbons (Fsp3) is 0.455. The Kier molecular flexibility index (Phi) is 14.7. The molecule has 0 radical (unpaired) electrons. The number of nitrogens with one attached hydrogen (secondary N) is 4. The van der Waals surface area contributed by atoms with Gasteiger partial charge in [0.25, 0.3) is 5.92 Å². The number of hydrogen-bond acceptors (Lipinski definition) is 8. The summed E-state index contributed by atoms with van der Waals surface area (Å²) in [6, 6.07) is 22.8. The van der Waals surface area contributed by atoms with Gasteiger partial charge in [-0.3, -0.25) is 9.59 Å². The lowest BCUT2D eigenvalue weighted by atomic mass is 9.87. The molecule has 6 aliphatic rings. The highest BCUT2D eigenvalue weighted by Crippen LogP contribution is 2.38. The van der Waals surface area contributed by atoms with Gasteiger partial charge in [-0.05, 0) is 132 Å². The van der Waals surface area contributed by atoms with Crippen molar-refractivity contribution >= 4 is 46.1 Å². The number of aryl methyl sites for hydroxylation is 4. The maximum absolute atomic E-state index is 13.9. The zero-order chi connectivity index (χ0) is 52.6. The molecule has 2 saturated heterocycles. The van der Waals surface area contributed by atoms with Crippen LogP contribution < -0.4 is 10.6 Å². The molecule has 6 aromatic rings. The number of rotatable bonds is 13. The number of imidazole rings is 2. The van der Waals surface area contributed by atoms with E-state index >= 15 is 0 Å². The van der Waals surface area contributed by atoms with Crippen molar-refractivity contribution in [3.63, 3.8) is 0 Å². The summed E-state index contributed by atoms with van der Waals surface area (Å²) in [5, 5.41) is 4.87. The van der Waals surface area contributed by atoms with Crippen LogP contribution in [-0.2, 0) is 44.7 Å². The van der Waals surface area contributed by atoms with Gasteiger partial charge in [0.05, 0.1) is 34.2 Å². The first-order valence-corrected chi connectivity index (χ1v) is 25.3. The van der Waals surface area contributed by atoms with Gasteiger partial charge in [0.2, 0.25) is 11.8 Å². The second-order valence-corrected chi connectivity index (χ2v) is 20.6. The number of ether oxygens (including phenoxy) is 2. The minimum atomic E-state index is -4.69. The van der Waals surface area contributed by atoms with E-state index in [-0.39, 0.29) is 17.9 Å². The number of alkyl halides is 5. The van der Waals surface area contributed by atoms with Crippen LogP contribution in [-0.4, -0.2) is 104 Å². The lowest BCUT2D eigenvalue weighted by Crippen LogP contribution is -2.51. The first-order chi connectivity index (χ1) is 35.2. The number of benzene rings is 4. The summed E-state index contributed by atoms with van der Waals surface area (Å²) in [6.45, 7) is 5.64. The van der Waals surface area contributed by atoms with Crippen LogP contribution in [0.1, 0.15) is 106 Å². The van der Waals surface area contributed by atoms with Crippen molar-refractivity contribution in [2.45, 2.75) is 122 Å². The second kappa shape index (κ2) is 21.1. The zero-order valence-corrected chi connectivity index (χ0v) is 42.0. The quantitative estimate of drug-likeness (QED) is 0.0827. The average Bonchev–Trinajstić information content (AvgIpc) is 4.19. The van der Waals surface area contributed by atoms with E-state index in [2.05, 4.69) is 86.0 Å². The molecule has 4 heterocycles. The molecule has 0 unspecified atom stereocenters. The van der Waals surface area contributed by atoms with Crippen molar-refractivity contribution in [3.8, 4) is 22.3 Å².